The van der Waals surface area contributed by atoms with Crippen molar-refractivity contribution in [1.29, 1.82) is 0 Å². The minimum Gasteiger partial charge on any atom is -0.412 e. The molecule has 0 heterocycles. The summed E-state index contributed by atoms with van der Waals surface area (Å²) in [5, 5.41) is 6.41. The van der Waals surface area contributed by atoms with Gasteiger partial charge < -0.3 is 60.3 Å². The molecule has 2 N–H and O–H groups in total. The van der Waals surface area contributed by atoms with Crippen molar-refractivity contribution < 1.29 is 19.5 Å². The van der Waals surface area contributed by atoms with E-state index in [1.165, 1.54) is 64.2 Å². The van der Waals surface area contributed by atoms with Gasteiger partial charge in [0.25, 0.3) is 0 Å². The third-order valence-corrected chi connectivity index (χ3v) is 5.13. The Morgan fingerprint density at radius 2 is 0.957 bits per heavy atom. The molecule has 0 aromatic carbocycles. The molecule has 0 radical (unpaired) electrons. The zero-order valence-electron chi connectivity index (χ0n) is 14.4. The van der Waals surface area contributed by atoms with E-state index >= 15 is 0 Å². The van der Waals surface area contributed by atoms with Crippen LogP contribution >= 0.6 is 24.4 Å². The van der Waals surface area contributed by atoms with E-state index in [1.54, 1.807) is 0 Å². The molecular formula is C16H28N2S4Zn. The van der Waals surface area contributed by atoms with E-state index in [1.807, 2.05) is 0 Å². The third kappa shape index (κ3) is 10.4. The second kappa shape index (κ2) is 11.5. The second-order valence-corrected chi connectivity index (χ2v) is 9.22. The van der Waals surface area contributed by atoms with Gasteiger partial charge in [-0.2, -0.15) is 0 Å². The molecule has 0 amide bonds. The molecule has 2 aliphatic rings. The van der Waals surface area contributed by atoms with Gasteiger partial charge in [0.2, 0.25) is 0 Å². The molecule has 7 heteroatoms. The average molecular weight is 442 g/mol. The van der Waals surface area contributed by atoms with E-state index in [9.17, 15) is 0 Å². The van der Waals surface area contributed by atoms with Crippen molar-refractivity contribution in [2.45, 2.75) is 89.1 Å². The van der Waals surface area contributed by atoms with Gasteiger partial charge in [0.15, 0.2) is 0 Å². The Labute approximate surface area is 176 Å². The summed E-state index contributed by atoms with van der Waals surface area (Å²) in [6, 6.07) is 0. The van der Waals surface area contributed by atoms with E-state index in [-0.39, 0.29) is 30.6 Å². The SMILES string of the molecule is CC1(NC(=S)[S-])CCCCC1.CC1(NC(=S)[S-])CCCCC1.[Zn+2]. The molecule has 2 rings (SSSR count). The molecule has 0 bridgehead atoms. The standard InChI is InChI=1S/2C8H15NS2.Zn/c2*1-8(9-7(10)11)5-3-2-4-6-8;/h2*2-6H2,1H3,(H2,9,10,11);/q;;+2/p-2. The Hall–Kier alpha value is 0.843. The average Bonchev–Trinajstić information content (AvgIpc) is 2.38. The number of hydrogen-bond donors (Lipinski definition) is 2. The summed E-state index contributed by atoms with van der Waals surface area (Å²) >= 11 is 19.4. The number of rotatable bonds is 2. The quantitative estimate of drug-likeness (QED) is 0.377. The summed E-state index contributed by atoms with van der Waals surface area (Å²) in [4.78, 5) is 0. The first kappa shape index (κ1) is 23.8. The van der Waals surface area contributed by atoms with Gasteiger partial charge in [-0.05, 0) is 39.5 Å². The van der Waals surface area contributed by atoms with Gasteiger partial charge in [0.1, 0.15) is 0 Å². The monoisotopic (exact) mass is 440 g/mol. The van der Waals surface area contributed by atoms with Gasteiger partial charge in [-0.25, -0.2) is 0 Å². The van der Waals surface area contributed by atoms with Crippen molar-refractivity contribution in [3.63, 3.8) is 0 Å². The molecule has 0 aromatic heterocycles. The molecule has 2 saturated carbocycles. The molecule has 2 fully saturated rings. The van der Waals surface area contributed by atoms with Crippen molar-refractivity contribution in [2.75, 3.05) is 0 Å². The Morgan fingerprint density at radius 1 is 0.696 bits per heavy atom. The van der Waals surface area contributed by atoms with Crippen molar-refractivity contribution in [3.05, 3.63) is 0 Å². The largest absolute Gasteiger partial charge is 2.00 e. The Morgan fingerprint density at radius 3 is 1.17 bits per heavy atom. The van der Waals surface area contributed by atoms with E-state index < -0.39 is 0 Å². The predicted molar refractivity (Wildman–Crippen MR) is 109 cm³/mol. The first-order valence-corrected chi connectivity index (χ1v) is 9.86. The van der Waals surface area contributed by atoms with Crippen molar-refractivity contribution >= 4 is 58.3 Å². The van der Waals surface area contributed by atoms with Crippen LogP contribution in [0.1, 0.15) is 78.1 Å². The fourth-order valence-electron chi connectivity index (χ4n) is 3.41. The zero-order chi connectivity index (χ0) is 16.6. The molecule has 0 aliphatic heterocycles. The number of nitrogens with one attached hydrogen (secondary N) is 2. The van der Waals surface area contributed by atoms with Gasteiger partial charge >= 0.3 is 19.5 Å². The topological polar surface area (TPSA) is 24.1 Å². The van der Waals surface area contributed by atoms with Crippen LogP contribution in [0.15, 0.2) is 0 Å². The molecule has 0 spiro atoms. The molecule has 23 heavy (non-hydrogen) atoms. The molecule has 2 nitrogen and oxygen atoms in total. The van der Waals surface area contributed by atoms with Crippen molar-refractivity contribution in [3.8, 4) is 0 Å². The van der Waals surface area contributed by atoms with Gasteiger partial charge in [-0.15, -0.1) is 0 Å². The van der Waals surface area contributed by atoms with Crippen molar-refractivity contribution in [2.24, 2.45) is 0 Å². The van der Waals surface area contributed by atoms with E-state index in [0.29, 0.717) is 8.64 Å². The Bertz CT molecular complexity index is 342. The van der Waals surface area contributed by atoms with Gasteiger partial charge in [-0.3, -0.25) is 0 Å². The van der Waals surface area contributed by atoms with E-state index in [2.05, 4.69) is 24.5 Å². The van der Waals surface area contributed by atoms with E-state index in [4.69, 9.17) is 49.7 Å². The van der Waals surface area contributed by atoms with E-state index in [0.717, 1.165) is 0 Å². The zero-order valence-corrected chi connectivity index (χ0v) is 20.6. The summed E-state index contributed by atoms with van der Waals surface area (Å²) in [6.07, 6.45) is 12.8. The summed E-state index contributed by atoms with van der Waals surface area (Å²) in [5.74, 6) is 0. The maximum atomic E-state index is 4.85. The summed E-state index contributed by atoms with van der Waals surface area (Å²) in [6.45, 7) is 4.43. The van der Waals surface area contributed by atoms with Crippen LogP contribution in [-0.2, 0) is 44.7 Å². The maximum Gasteiger partial charge on any atom is 2.00 e. The minimum absolute atomic E-state index is 0. The summed E-state index contributed by atoms with van der Waals surface area (Å²) < 4.78 is 1.05. The molecule has 0 aromatic rings. The summed E-state index contributed by atoms with van der Waals surface area (Å²) in [7, 11) is 0. The molecule has 0 saturated heterocycles. The van der Waals surface area contributed by atoms with Crippen LogP contribution in [0.4, 0.5) is 0 Å². The minimum atomic E-state index is 0. The van der Waals surface area contributed by atoms with Crippen LogP contribution in [0.5, 0.6) is 0 Å². The van der Waals surface area contributed by atoms with Crippen LogP contribution < -0.4 is 10.6 Å². The Balaban J connectivity index is 0.000000403. The number of hydrogen-bond acceptors (Lipinski definition) is 4. The first-order chi connectivity index (χ1) is 10.2. The van der Waals surface area contributed by atoms with Gasteiger partial charge in [0.05, 0.1) is 0 Å². The predicted octanol–water partition coefficient (Wildman–Crippen LogP) is 4.26. The second-order valence-electron chi connectivity index (χ2n) is 7.07. The van der Waals surface area contributed by atoms with Crippen LogP contribution in [0, 0.1) is 0 Å². The molecule has 0 unspecified atom stereocenters. The smallest absolute Gasteiger partial charge is 0.412 e. The van der Waals surface area contributed by atoms with Crippen molar-refractivity contribution in [1.82, 2.24) is 10.6 Å². The van der Waals surface area contributed by atoms with Crippen LogP contribution in [0.3, 0.4) is 0 Å². The number of thiocarbonyl (C=S) groups is 2. The molecular weight excluding hydrogens is 414 g/mol. The first-order valence-electron chi connectivity index (χ1n) is 8.23. The van der Waals surface area contributed by atoms with Crippen LogP contribution in [0.2, 0.25) is 0 Å². The maximum absolute atomic E-state index is 4.85. The van der Waals surface area contributed by atoms with Crippen LogP contribution in [-0.4, -0.2) is 19.7 Å². The Kier molecular flexibility index (Phi) is 11.9. The normalized spacial score (nSPS) is 21.7. The summed E-state index contributed by atoms with van der Waals surface area (Å²) in [5.41, 5.74) is 0.411. The molecule has 0 atom stereocenters. The fraction of sp³-hybridized carbons (Fsp3) is 0.875. The van der Waals surface area contributed by atoms with Crippen LogP contribution in [0.25, 0.3) is 0 Å². The van der Waals surface area contributed by atoms with Gasteiger partial charge in [0, 0.05) is 11.1 Å². The molecule has 128 valence electrons. The third-order valence-electron chi connectivity index (χ3n) is 4.72. The molecule has 2 aliphatic carbocycles. The van der Waals surface area contributed by atoms with Gasteiger partial charge in [-0.1, -0.05) is 47.2 Å². The fourth-order valence-corrected chi connectivity index (χ4v) is 4.39.